The number of nitrogens with two attached hydrogens (primary N) is 1. The summed E-state index contributed by atoms with van der Waals surface area (Å²) in [5.41, 5.74) is 10.7. The van der Waals surface area contributed by atoms with E-state index in [4.69, 9.17) is 104 Å². The molecule has 11 aromatic rings. The van der Waals surface area contributed by atoms with E-state index in [1.54, 1.807) is 73.7 Å². The van der Waals surface area contributed by atoms with Gasteiger partial charge >= 0.3 is 13.3 Å². The number of ether oxygens (including phenoxy) is 4. The number of nitrogens with one attached hydrogen (secondary N) is 3. The lowest BCUT2D eigenvalue weighted by Gasteiger charge is -2.32. The fourth-order valence-electron chi connectivity index (χ4n) is 12.2. The molecule has 1 fully saturated rings. The lowest BCUT2D eigenvalue weighted by atomic mass is 9.79. The van der Waals surface area contributed by atoms with Gasteiger partial charge in [-0.3, -0.25) is 14.4 Å². The van der Waals surface area contributed by atoms with Crippen LogP contribution in [0.2, 0.25) is 30.1 Å². The summed E-state index contributed by atoms with van der Waals surface area (Å²) in [5, 5.41) is 11.3. The fourth-order valence-corrected chi connectivity index (χ4v) is 14.9. The first-order chi connectivity index (χ1) is 55.8. The first-order valence-electron chi connectivity index (χ1n) is 35.6. The lowest BCUT2D eigenvalue weighted by Crippen LogP contribution is -2.41. The fraction of sp³-hybridized carbons (Fsp3) is 0.198. The summed E-state index contributed by atoms with van der Waals surface area (Å²) in [4.78, 5) is 33.8. The Morgan fingerprint density at radius 2 is 0.881 bits per heavy atom. The van der Waals surface area contributed by atoms with Crippen LogP contribution >= 0.6 is 117 Å². The van der Waals surface area contributed by atoms with E-state index < -0.39 is 65.2 Å². The van der Waals surface area contributed by atoms with Crippen molar-refractivity contribution < 1.29 is 82.2 Å². The summed E-state index contributed by atoms with van der Waals surface area (Å²) in [6, 6.07) is 50.5. The highest BCUT2D eigenvalue weighted by atomic mass is 79.9. The lowest BCUT2D eigenvalue weighted by molar-refractivity contribution is -0.137. The molecular weight excluding hydrogens is 1870 g/mol. The predicted molar refractivity (Wildman–Crippen MR) is 458 cm³/mol. The zero-order chi connectivity index (χ0) is 85.8. The number of anilines is 4. The standard InChI is InChI=1S/C22H16ClF4NO.C20H22BClFNO3.C14H10BrClFNO2.C14H10BrClFNO.C8H5BrClFO.C8H6ClFO/c1-12-9-14(22(25,26)27)6-7-15(12)13-5-8-18-20(10-13)29-11-19(28-18)21-16(23)3-2-4-17(21)24;1-19(2)20(3,4)27-21(26-19)12-8-9-15-17(10-12)25-11-16(24-15)18-13(22)6-5-7-14(18)23;15-8-4-5-11(18)13(6-8)20-7-12(19)14-9(16)2-1-3-10(14)17;15-8-4-5-11-13(6-8)19-7-12(18-11)14-9(16)2-1-3-10(14)17;9-4-7(12)8-5(10)2-1-3-6(8)11;1-5(11)8-6(9)3-2-4-7(8)10/h2-10,19,28H,11H2,1H3;5-10,16,24H,11H2,1-4H3;1-6H,7,18H2;1-6,12,18H,7H2;1-3H,4H2;2-4H,1H3. The number of alkyl halides is 4. The van der Waals surface area contributed by atoms with E-state index in [-0.39, 0.29) is 92.2 Å². The zero-order valence-corrected chi connectivity index (χ0v) is 72.2. The minimum Gasteiger partial charge on any atom is -0.489 e. The van der Waals surface area contributed by atoms with E-state index >= 15 is 0 Å². The van der Waals surface area contributed by atoms with Crippen LogP contribution < -0.4 is 46.1 Å². The van der Waals surface area contributed by atoms with Gasteiger partial charge in [-0.2, -0.15) is 13.2 Å². The highest BCUT2D eigenvalue weighted by Gasteiger charge is 2.52. The highest BCUT2D eigenvalue weighted by Crippen LogP contribution is 2.44. The number of Topliss-reactive ketones (excluding diaryl/α,β-unsaturated/α-hetero) is 3. The Morgan fingerprint density at radius 3 is 1.30 bits per heavy atom. The molecule has 0 bridgehead atoms. The molecule has 0 radical (unpaired) electrons. The second-order valence-electron chi connectivity index (χ2n) is 27.4. The summed E-state index contributed by atoms with van der Waals surface area (Å²) < 4.78 is 157. The Hall–Kier alpha value is -8.64. The summed E-state index contributed by atoms with van der Waals surface area (Å²) >= 11 is 45.0. The molecule has 1 saturated heterocycles. The van der Waals surface area contributed by atoms with Crippen molar-refractivity contribution in [1.29, 1.82) is 0 Å². The SMILES string of the molecule is CC(=O)c1c(F)cccc1Cl.CC1(C)OB(c2ccc3c(c2)OCC(c2c(F)cccc2Cl)N3)OC1(C)C.Cc1cc(C(F)(F)F)ccc1-c1ccc2c(c1)OCC(c1c(F)cccc1Cl)N2.Fc1cccc(Cl)c1C1COc2cc(Br)ccc2N1.Nc1ccc(Br)cc1OCC(=O)c1c(F)cccc1Cl.O=C(CBr)c1c(F)cccc1Cl. The van der Waals surface area contributed by atoms with Crippen molar-refractivity contribution in [2.75, 3.05) is 53.4 Å². The zero-order valence-electron chi connectivity index (χ0n) is 63.0. The van der Waals surface area contributed by atoms with E-state index in [2.05, 4.69) is 63.7 Å². The quantitative estimate of drug-likeness (QED) is 0.0300. The Kier molecular flexibility index (Phi) is 31.2. The third kappa shape index (κ3) is 22.7. The van der Waals surface area contributed by atoms with Crippen molar-refractivity contribution in [2.45, 2.75) is 77.0 Å². The topological polar surface area (TPSA) is 169 Å². The largest absolute Gasteiger partial charge is 0.494 e. The van der Waals surface area contributed by atoms with Crippen molar-refractivity contribution in [3.63, 3.8) is 0 Å². The maximum atomic E-state index is 14.2. The molecule has 4 aliphatic heterocycles. The number of halogens is 18. The van der Waals surface area contributed by atoms with Crippen molar-refractivity contribution in [1.82, 2.24) is 0 Å². The second kappa shape index (κ2) is 40.2. The molecule has 616 valence electrons. The number of fused-ring (bicyclic) bond motifs is 3. The second-order valence-corrected chi connectivity index (χ2v) is 32.3. The summed E-state index contributed by atoms with van der Waals surface area (Å²) in [6.45, 7) is 11.4. The molecule has 118 heavy (non-hydrogen) atoms. The number of ketones is 3. The Labute approximate surface area is 729 Å². The van der Waals surface area contributed by atoms with Crippen molar-refractivity contribution in [3.8, 4) is 34.1 Å². The van der Waals surface area contributed by atoms with Crippen LogP contribution in [0.5, 0.6) is 23.0 Å². The van der Waals surface area contributed by atoms with E-state index in [9.17, 15) is 53.9 Å². The number of hydrogen-bond donors (Lipinski definition) is 4. The van der Waals surface area contributed by atoms with Gasteiger partial charge in [0.05, 0.1) is 94.7 Å². The third-order valence-electron chi connectivity index (χ3n) is 18.8. The van der Waals surface area contributed by atoms with Crippen LogP contribution in [0, 0.1) is 41.8 Å². The van der Waals surface area contributed by atoms with Crippen molar-refractivity contribution in [2.24, 2.45) is 0 Å². The van der Waals surface area contributed by atoms with Crippen LogP contribution in [0.25, 0.3) is 11.1 Å². The number of carbonyl (C=O) groups is 3. The molecule has 13 nitrogen and oxygen atoms in total. The Balaban J connectivity index is 0.000000154. The minimum absolute atomic E-state index is 0.0332. The van der Waals surface area contributed by atoms with Crippen LogP contribution in [0.15, 0.2) is 209 Å². The third-order valence-corrected chi connectivity index (χ3v) is 22.3. The van der Waals surface area contributed by atoms with Gasteiger partial charge < -0.3 is 49.9 Å². The number of aryl methyl sites for hydroxylation is 1. The van der Waals surface area contributed by atoms with E-state index in [1.165, 1.54) is 91.9 Å². The van der Waals surface area contributed by atoms with E-state index in [0.29, 0.717) is 78.1 Å². The Morgan fingerprint density at radius 1 is 0.492 bits per heavy atom. The molecule has 11 aromatic carbocycles. The average Bonchev–Trinajstić information content (AvgIpc) is 1.72. The minimum atomic E-state index is -4.38. The van der Waals surface area contributed by atoms with Crippen molar-refractivity contribution >= 4 is 170 Å². The van der Waals surface area contributed by atoms with Gasteiger partial charge in [0.2, 0.25) is 5.78 Å². The molecule has 32 heteroatoms. The molecule has 4 heterocycles. The number of carbonyl (C=O) groups excluding carboxylic acids is 3. The molecule has 3 atom stereocenters. The van der Waals surface area contributed by atoms with Crippen LogP contribution in [-0.4, -0.2) is 67.4 Å². The number of hydrogen-bond acceptors (Lipinski definition) is 13. The van der Waals surface area contributed by atoms with E-state index in [0.717, 1.165) is 49.2 Å². The maximum absolute atomic E-state index is 14.2. The van der Waals surface area contributed by atoms with Crippen LogP contribution in [0.4, 0.5) is 62.3 Å². The van der Waals surface area contributed by atoms with Gasteiger partial charge in [0, 0.05) is 40.7 Å². The predicted octanol–water partition coefficient (Wildman–Crippen LogP) is 26.0. The van der Waals surface area contributed by atoms with Crippen LogP contribution in [-0.2, 0) is 15.5 Å². The van der Waals surface area contributed by atoms with Gasteiger partial charge in [0.25, 0.3) is 0 Å². The smallest absolute Gasteiger partial charge is 0.489 e. The van der Waals surface area contributed by atoms with Gasteiger partial charge in [-0.05, 0) is 209 Å². The average molecular weight is 1940 g/mol. The van der Waals surface area contributed by atoms with Gasteiger partial charge in [0.15, 0.2) is 18.2 Å². The van der Waals surface area contributed by atoms with Gasteiger partial charge in [-0.25, -0.2) is 26.3 Å². The molecule has 0 amide bonds. The molecular formula is C86H69BBr3Cl6F9N4O9. The molecule has 0 aliphatic carbocycles. The molecule has 5 N–H and O–H groups in total. The van der Waals surface area contributed by atoms with Crippen molar-refractivity contribution in [3.05, 3.63) is 319 Å². The normalized spacial score (nSPS) is 15.6. The monoisotopic (exact) mass is 1930 g/mol. The molecule has 15 rings (SSSR count). The molecule has 0 saturated carbocycles. The van der Waals surface area contributed by atoms with Crippen LogP contribution in [0.3, 0.4) is 0 Å². The molecule has 0 spiro atoms. The summed E-state index contributed by atoms with van der Waals surface area (Å²) in [5.74, 6) is -1.83. The molecule has 0 aromatic heterocycles. The maximum Gasteiger partial charge on any atom is 0.494 e. The molecule has 4 aliphatic rings. The number of benzene rings is 11. The first kappa shape index (κ1) is 91.7. The Bertz CT molecular complexity index is 5420. The van der Waals surface area contributed by atoms with Crippen LogP contribution in [0.1, 0.15) is 112 Å². The number of nitrogen functional groups attached to an aromatic ring is 1. The summed E-state index contributed by atoms with van der Waals surface area (Å²) in [6.07, 6.45) is -4.38. The van der Waals surface area contributed by atoms with E-state index in [1.807, 2.05) is 64.1 Å². The van der Waals surface area contributed by atoms with Gasteiger partial charge in [0.1, 0.15) is 77.7 Å². The first-order valence-corrected chi connectivity index (χ1v) is 40.6. The molecule has 3 unspecified atom stereocenters. The van der Waals surface area contributed by atoms with Gasteiger partial charge in [-0.1, -0.05) is 172 Å². The van der Waals surface area contributed by atoms with Gasteiger partial charge in [-0.15, -0.1) is 0 Å². The highest BCUT2D eigenvalue weighted by molar-refractivity contribution is 9.10. The number of rotatable bonds is 12. The summed E-state index contributed by atoms with van der Waals surface area (Å²) in [7, 11) is -0.456.